The summed E-state index contributed by atoms with van der Waals surface area (Å²) in [5.41, 5.74) is 2.52. The predicted molar refractivity (Wildman–Crippen MR) is 80.9 cm³/mol. The van der Waals surface area contributed by atoms with Gasteiger partial charge in [0, 0.05) is 15.1 Å². The Hall–Kier alpha value is -1.03. The molecule has 0 fully saturated rings. The molecule has 100 valence electrons. The van der Waals surface area contributed by atoms with Crippen LogP contribution in [0.2, 0.25) is 5.02 Å². The van der Waals surface area contributed by atoms with Gasteiger partial charge < -0.3 is 9.84 Å². The van der Waals surface area contributed by atoms with E-state index in [1.165, 1.54) is 0 Å². The number of aliphatic hydroxyl groups excluding tert-OH is 1. The van der Waals surface area contributed by atoms with Crippen LogP contribution in [-0.4, -0.2) is 12.2 Å². The second-order valence-corrected chi connectivity index (χ2v) is 5.70. The van der Waals surface area contributed by atoms with E-state index in [1.807, 2.05) is 31.2 Å². The Morgan fingerprint density at radius 2 is 1.95 bits per heavy atom. The molecule has 2 rings (SSSR count). The van der Waals surface area contributed by atoms with Crippen molar-refractivity contribution in [3.8, 4) is 5.75 Å². The summed E-state index contributed by atoms with van der Waals surface area (Å²) in [6.07, 6.45) is -0.773. The van der Waals surface area contributed by atoms with Crippen molar-refractivity contribution in [2.24, 2.45) is 0 Å². The van der Waals surface area contributed by atoms with Gasteiger partial charge in [-0.05, 0) is 42.8 Å². The molecule has 19 heavy (non-hydrogen) atoms. The summed E-state index contributed by atoms with van der Waals surface area (Å²) in [6.45, 7) is 1.98. The Balaban J connectivity index is 2.48. The molecule has 0 aliphatic rings. The van der Waals surface area contributed by atoms with Crippen LogP contribution in [0.25, 0.3) is 0 Å². The molecule has 0 aliphatic heterocycles. The number of rotatable bonds is 3. The molecule has 0 saturated carbocycles. The minimum absolute atomic E-state index is 0.579. The highest BCUT2D eigenvalue weighted by atomic mass is 79.9. The Labute approximate surface area is 126 Å². The monoisotopic (exact) mass is 340 g/mol. The van der Waals surface area contributed by atoms with E-state index in [1.54, 1.807) is 19.2 Å². The lowest BCUT2D eigenvalue weighted by molar-refractivity contribution is 0.214. The van der Waals surface area contributed by atoms with Gasteiger partial charge in [0.15, 0.2) is 0 Å². The van der Waals surface area contributed by atoms with Gasteiger partial charge in [-0.25, -0.2) is 0 Å². The van der Waals surface area contributed by atoms with Gasteiger partial charge >= 0.3 is 0 Å². The first kappa shape index (κ1) is 14.4. The average Bonchev–Trinajstić information content (AvgIpc) is 2.36. The molecule has 0 aromatic heterocycles. The lowest BCUT2D eigenvalue weighted by Gasteiger charge is -2.16. The zero-order chi connectivity index (χ0) is 14.0. The number of aryl methyl sites for hydroxylation is 1. The van der Waals surface area contributed by atoms with Crippen molar-refractivity contribution in [2.45, 2.75) is 13.0 Å². The standard InChI is InChI=1S/C15H14BrClO2/c1-9-3-4-14(19-2)13(5-9)15(18)10-6-11(16)8-12(17)7-10/h3-8,15,18H,1-2H3. The van der Waals surface area contributed by atoms with Gasteiger partial charge in [0.2, 0.25) is 0 Å². The van der Waals surface area contributed by atoms with E-state index in [-0.39, 0.29) is 0 Å². The minimum atomic E-state index is -0.773. The van der Waals surface area contributed by atoms with E-state index < -0.39 is 6.10 Å². The fourth-order valence-electron chi connectivity index (χ4n) is 1.98. The second kappa shape index (κ2) is 5.95. The molecule has 0 aliphatic carbocycles. The van der Waals surface area contributed by atoms with E-state index in [0.717, 1.165) is 21.2 Å². The Bertz CT molecular complexity index is 578. The van der Waals surface area contributed by atoms with E-state index in [0.29, 0.717) is 10.8 Å². The molecule has 0 radical (unpaired) electrons. The van der Waals surface area contributed by atoms with Crippen molar-refractivity contribution in [3.05, 3.63) is 62.6 Å². The lowest BCUT2D eigenvalue weighted by Crippen LogP contribution is -2.03. The maximum Gasteiger partial charge on any atom is 0.125 e. The Morgan fingerprint density at radius 3 is 2.58 bits per heavy atom. The Kier molecular flexibility index (Phi) is 4.50. The van der Waals surface area contributed by atoms with Gasteiger partial charge in [-0.3, -0.25) is 0 Å². The summed E-state index contributed by atoms with van der Waals surface area (Å²) in [5.74, 6) is 0.661. The summed E-state index contributed by atoms with van der Waals surface area (Å²) in [4.78, 5) is 0. The highest BCUT2D eigenvalue weighted by molar-refractivity contribution is 9.10. The molecule has 0 spiro atoms. The molecule has 2 nitrogen and oxygen atoms in total. The van der Waals surface area contributed by atoms with Crippen LogP contribution in [0.4, 0.5) is 0 Å². The molecule has 0 bridgehead atoms. The van der Waals surface area contributed by atoms with Gasteiger partial charge in [0.25, 0.3) is 0 Å². The molecule has 1 atom stereocenters. The fraction of sp³-hybridized carbons (Fsp3) is 0.200. The summed E-state index contributed by atoms with van der Waals surface area (Å²) < 4.78 is 6.13. The van der Waals surface area contributed by atoms with Gasteiger partial charge in [-0.1, -0.05) is 39.2 Å². The van der Waals surface area contributed by atoms with Crippen molar-refractivity contribution in [1.29, 1.82) is 0 Å². The molecular formula is C15H14BrClO2. The molecule has 2 aromatic rings. The third-order valence-electron chi connectivity index (χ3n) is 2.88. The second-order valence-electron chi connectivity index (χ2n) is 4.35. The number of methoxy groups -OCH3 is 1. The van der Waals surface area contributed by atoms with Crippen LogP contribution in [-0.2, 0) is 0 Å². The Morgan fingerprint density at radius 1 is 1.21 bits per heavy atom. The molecule has 1 unspecified atom stereocenters. The fourth-order valence-corrected chi connectivity index (χ4v) is 2.87. The normalized spacial score (nSPS) is 12.3. The van der Waals surface area contributed by atoms with Crippen LogP contribution in [0.5, 0.6) is 5.75 Å². The number of benzene rings is 2. The highest BCUT2D eigenvalue weighted by Crippen LogP contribution is 2.33. The molecule has 2 aromatic carbocycles. The SMILES string of the molecule is COc1ccc(C)cc1C(O)c1cc(Cl)cc(Br)c1. The zero-order valence-electron chi connectivity index (χ0n) is 10.7. The van der Waals surface area contributed by atoms with Crippen LogP contribution in [0.3, 0.4) is 0 Å². The van der Waals surface area contributed by atoms with Crippen LogP contribution >= 0.6 is 27.5 Å². The summed E-state index contributed by atoms with van der Waals surface area (Å²) in [5, 5.41) is 11.1. The van der Waals surface area contributed by atoms with Crippen LogP contribution in [0.15, 0.2) is 40.9 Å². The first-order valence-electron chi connectivity index (χ1n) is 5.80. The molecule has 1 N–H and O–H groups in total. The number of aliphatic hydroxyl groups is 1. The van der Waals surface area contributed by atoms with Crippen LogP contribution in [0, 0.1) is 6.92 Å². The van der Waals surface area contributed by atoms with Crippen molar-refractivity contribution in [1.82, 2.24) is 0 Å². The van der Waals surface area contributed by atoms with E-state index in [4.69, 9.17) is 16.3 Å². The molecular weight excluding hydrogens is 328 g/mol. The average molecular weight is 342 g/mol. The third-order valence-corrected chi connectivity index (χ3v) is 3.56. The molecule has 4 heteroatoms. The maximum atomic E-state index is 10.5. The van der Waals surface area contributed by atoms with E-state index in [2.05, 4.69) is 15.9 Å². The van der Waals surface area contributed by atoms with Gasteiger partial charge in [-0.2, -0.15) is 0 Å². The number of ether oxygens (including phenoxy) is 1. The van der Waals surface area contributed by atoms with E-state index >= 15 is 0 Å². The quantitative estimate of drug-likeness (QED) is 0.890. The smallest absolute Gasteiger partial charge is 0.125 e. The van der Waals surface area contributed by atoms with Crippen LogP contribution in [0.1, 0.15) is 22.8 Å². The lowest BCUT2D eigenvalue weighted by atomic mass is 9.99. The number of hydrogen-bond acceptors (Lipinski definition) is 2. The van der Waals surface area contributed by atoms with Gasteiger partial charge in [0.1, 0.15) is 11.9 Å². The maximum absolute atomic E-state index is 10.5. The third kappa shape index (κ3) is 3.30. The van der Waals surface area contributed by atoms with E-state index in [9.17, 15) is 5.11 Å². The summed E-state index contributed by atoms with van der Waals surface area (Å²) in [7, 11) is 1.59. The largest absolute Gasteiger partial charge is 0.496 e. The topological polar surface area (TPSA) is 29.5 Å². The van der Waals surface area contributed by atoms with Gasteiger partial charge in [0.05, 0.1) is 7.11 Å². The van der Waals surface area contributed by atoms with Crippen molar-refractivity contribution in [2.75, 3.05) is 7.11 Å². The number of hydrogen-bond donors (Lipinski definition) is 1. The molecule has 0 amide bonds. The number of halogens is 2. The summed E-state index contributed by atoms with van der Waals surface area (Å²) >= 11 is 9.39. The highest BCUT2D eigenvalue weighted by Gasteiger charge is 2.16. The predicted octanol–water partition coefficient (Wildman–Crippen LogP) is 4.50. The minimum Gasteiger partial charge on any atom is -0.496 e. The first-order chi connectivity index (χ1) is 9.01. The van der Waals surface area contributed by atoms with Crippen molar-refractivity contribution < 1.29 is 9.84 Å². The molecule has 0 saturated heterocycles. The first-order valence-corrected chi connectivity index (χ1v) is 6.97. The van der Waals surface area contributed by atoms with Crippen molar-refractivity contribution in [3.63, 3.8) is 0 Å². The molecule has 0 heterocycles. The van der Waals surface area contributed by atoms with Crippen LogP contribution < -0.4 is 4.74 Å². The summed E-state index contributed by atoms with van der Waals surface area (Å²) in [6, 6.07) is 11.1. The zero-order valence-corrected chi connectivity index (χ0v) is 13.0. The van der Waals surface area contributed by atoms with Gasteiger partial charge in [-0.15, -0.1) is 0 Å². The van der Waals surface area contributed by atoms with Crippen molar-refractivity contribution >= 4 is 27.5 Å².